The Morgan fingerprint density at radius 2 is 1.52 bits per heavy atom. The van der Waals surface area contributed by atoms with Gasteiger partial charge in [0.15, 0.2) is 0 Å². The second-order valence-corrected chi connectivity index (χ2v) is 11.2. The summed E-state index contributed by atoms with van der Waals surface area (Å²) in [6.07, 6.45) is 0.334. The van der Waals surface area contributed by atoms with Gasteiger partial charge in [-0.15, -0.1) is 0 Å². The molecule has 0 radical (unpaired) electrons. The van der Waals surface area contributed by atoms with Crippen molar-refractivity contribution >= 4 is 47.9 Å². The number of piperidine rings is 1. The predicted octanol–water partition coefficient (Wildman–Crippen LogP) is 3.85. The second kappa shape index (κ2) is 14.6. The maximum Gasteiger partial charge on any atom is 0.412 e. The first-order chi connectivity index (χ1) is 21.0. The monoisotopic (exact) mass is 628 g/mol. The minimum atomic E-state index is -0.752. The number of non-ortho nitro benzene ring substituents is 2. The molecule has 0 aromatic heterocycles. The Labute approximate surface area is 257 Å². The van der Waals surface area contributed by atoms with Crippen LogP contribution < -0.4 is 5.32 Å². The summed E-state index contributed by atoms with van der Waals surface area (Å²) in [5.41, 5.74) is 1.02. The number of amidine groups is 1. The number of nitrogens with zero attached hydrogens (tertiary/aromatic N) is 5. The molecule has 2 aliphatic heterocycles. The molecule has 16 heteroatoms. The molecule has 1 N–H and O–H groups in total. The molecule has 2 heterocycles. The van der Waals surface area contributed by atoms with Gasteiger partial charge in [-0.3, -0.25) is 40.2 Å². The van der Waals surface area contributed by atoms with Gasteiger partial charge in [-0.2, -0.15) is 12.6 Å². The highest BCUT2D eigenvalue weighted by atomic mass is 32.1. The third-order valence-electron chi connectivity index (χ3n) is 7.19. The quantitative estimate of drug-likeness (QED) is 0.144. The molecule has 0 aliphatic carbocycles. The molecule has 0 saturated carbocycles. The third-order valence-corrected chi connectivity index (χ3v) is 7.57. The van der Waals surface area contributed by atoms with E-state index in [9.17, 15) is 34.6 Å². The summed E-state index contributed by atoms with van der Waals surface area (Å²) in [5, 5.41) is 24.0. The van der Waals surface area contributed by atoms with E-state index in [4.69, 9.17) is 9.47 Å². The fourth-order valence-corrected chi connectivity index (χ4v) is 5.39. The van der Waals surface area contributed by atoms with Crippen LogP contribution in [0.2, 0.25) is 0 Å². The second-order valence-electron chi connectivity index (χ2n) is 10.5. The fourth-order valence-electron chi connectivity index (χ4n) is 5.02. The van der Waals surface area contributed by atoms with E-state index in [1.54, 1.807) is 11.8 Å². The molecule has 2 aliphatic rings. The molecule has 15 nitrogen and oxygen atoms in total. The zero-order valence-corrected chi connectivity index (χ0v) is 24.8. The van der Waals surface area contributed by atoms with Crippen molar-refractivity contribution in [1.29, 1.82) is 0 Å². The summed E-state index contributed by atoms with van der Waals surface area (Å²) in [6.45, 7) is 2.46. The molecule has 234 valence electrons. The zero-order valence-electron chi connectivity index (χ0n) is 23.9. The molecule has 44 heavy (non-hydrogen) atoms. The lowest BCUT2D eigenvalue weighted by molar-refractivity contribution is -0.385. The van der Waals surface area contributed by atoms with Gasteiger partial charge in [0.1, 0.15) is 25.1 Å². The van der Waals surface area contributed by atoms with Gasteiger partial charge in [0.25, 0.3) is 11.4 Å². The normalized spacial score (nSPS) is 20.1. The van der Waals surface area contributed by atoms with Gasteiger partial charge in [-0.1, -0.05) is 0 Å². The maximum atomic E-state index is 13.5. The van der Waals surface area contributed by atoms with Crippen LogP contribution in [-0.4, -0.2) is 80.5 Å². The van der Waals surface area contributed by atoms with E-state index < -0.39 is 28.1 Å². The number of nitro groups is 2. The van der Waals surface area contributed by atoms with Crippen LogP contribution in [0.15, 0.2) is 53.5 Å². The average molecular weight is 629 g/mol. The molecule has 4 rings (SSSR count). The van der Waals surface area contributed by atoms with Crippen LogP contribution in [0.4, 0.5) is 21.0 Å². The van der Waals surface area contributed by atoms with E-state index in [0.717, 1.165) is 0 Å². The van der Waals surface area contributed by atoms with Crippen molar-refractivity contribution < 1.29 is 33.7 Å². The van der Waals surface area contributed by atoms with Crippen molar-refractivity contribution in [2.45, 2.75) is 56.7 Å². The summed E-state index contributed by atoms with van der Waals surface area (Å²) in [4.78, 5) is 66.8. The molecule has 3 amide bonds. The van der Waals surface area contributed by atoms with Crippen molar-refractivity contribution in [3.63, 3.8) is 0 Å². The standard InChI is InChI=1S/C28H32N6O9S/c1-18(30-27(36)42-16-19-4-8-22(9-5-19)33(38)39)29-21-3-2-12-31(14-21)26(35)25-13-24(44)15-32(25)28(37)43-17-20-6-10-23(11-7-20)34(40)41/h4-11,21,24-25,44H,2-3,12-17H2,1H3,(H,29,30,36)/t21?,24-,25-/m0/s1. The SMILES string of the molecule is CC(=NC1CCCN(C(=O)[C@@H]2C[C@H](S)CN2C(=O)OCc2ccc([N+](=O)[O-])cc2)C1)NC(=O)OCc1ccc([N+](=O)[O-])cc1. The minimum Gasteiger partial charge on any atom is -0.445 e. The largest absolute Gasteiger partial charge is 0.445 e. The molecular weight excluding hydrogens is 596 g/mol. The maximum absolute atomic E-state index is 13.5. The Morgan fingerprint density at radius 1 is 0.955 bits per heavy atom. The van der Waals surface area contributed by atoms with Crippen LogP contribution in [0.5, 0.6) is 0 Å². The lowest BCUT2D eigenvalue weighted by atomic mass is 10.0. The van der Waals surface area contributed by atoms with Gasteiger partial charge in [0.05, 0.1) is 15.9 Å². The van der Waals surface area contributed by atoms with Crippen LogP contribution in [-0.2, 0) is 27.5 Å². The van der Waals surface area contributed by atoms with Gasteiger partial charge in [-0.25, -0.2) is 9.59 Å². The number of thiol groups is 1. The number of alkyl carbamates (subject to hydrolysis) is 1. The fraction of sp³-hybridized carbons (Fsp3) is 0.429. The van der Waals surface area contributed by atoms with Crippen LogP contribution in [0.25, 0.3) is 0 Å². The number of amides is 3. The van der Waals surface area contributed by atoms with Crippen LogP contribution in [0.1, 0.15) is 37.3 Å². The third kappa shape index (κ3) is 8.65. The summed E-state index contributed by atoms with van der Waals surface area (Å²) in [5.74, 6) is 0.0765. The lowest BCUT2D eigenvalue weighted by Crippen LogP contribution is -2.51. The summed E-state index contributed by atoms with van der Waals surface area (Å²) in [6, 6.07) is 10.3. The predicted molar refractivity (Wildman–Crippen MR) is 160 cm³/mol. The van der Waals surface area contributed by atoms with Gasteiger partial charge in [0.2, 0.25) is 5.91 Å². The molecule has 2 aromatic rings. The minimum absolute atomic E-state index is 0.0631. The number of nitrogens with one attached hydrogen (secondary N) is 1. The van der Waals surface area contributed by atoms with Crippen molar-refractivity contribution in [3.05, 3.63) is 79.9 Å². The Morgan fingerprint density at radius 3 is 2.09 bits per heavy atom. The highest BCUT2D eigenvalue weighted by molar-refractivity contribution is 7.81. The number of rotatable bonds is 8. The number of carbonyl (C=O) groups is 3. The highest BCUT2D eigenvalue weighted by Gasteiger charge is 2.42. The van der Waals surface area contributed by atoms with Gasteiger partial charge in [-0.05, 0) is 61.6 Å². The van der Waals surface area contributed by atoms with E-state index >= 15 is 0 Å². The van der Waals surface area contributed by atoms with E-state index in [0.29, 0.717) is 49.3 Å². The van der Waals surface area contributed by atoms with Crippen molar-refractivity contribution in [2.24, 2.45) is 4.99 Å². The number of aliphatic imine (C=N–C) groups is 1. The van der Waals surface area contributed by atoms with Gasteiger partial charge in [0, 0.05) is 49.1 Å². The van der Waals surface area contributed by atoms with E-state index in [1.165, 1.54) is 53.4 Å². The Bertz CT molecular complexity index is 1420. The topological polar surface area (TPSA) is 187 Å². The first-order valence-corrected chi connectivity index (χ1v) is 14.4. The molecule has 2 saturated heterocycles. The Hall–Kier alpha value is -4.73. The highest BCUT2D eigenvalue weighted by Crippen LogP contribution is 2.26. The molecular formula is C28H32N6O9S. The van der Waals surface area contributed by atoms with E-state index in [1.807, 2.05) is 0 Å². The Kier molecular flexibility index (Phi) is 10.7. The summed E-state index contributed by atoms with van der Waals surface area (Å²) in [7, 11) is 0. The van der Waals surface area contributed by atoms with Crippen molar-refractivity contribution in [1.82, 2.24) is 15.1 Å². The van der Waals surface area contributed by atoms with Gasteiger partial charge < -0.3 is 14.4 Å². The van der Waals surface area contributed by atoms with Crippen LogP contribution in [0.3, 0.4) is 0 Å². The van der Waals surface area contributed by atoms with E-state index in [2.05, 4.69) is 22.9 Å². The lowest BCUT2D eigenvalue weighted by Gasteiger charge is -2.34. The van der Waals surface area contributed by atoms with Crippen LogP contribution in [0, 0.1) is 20.2 Å². The number of hydrogen-bond donors (Lipinski definition) is 2. The number of hydrogen-bond acceptors (Lipinski definition) is 11. The summed E-state index contributed by atoms with van der Waals surface area (Å²) >= 11 is 4.50. The molecule has 2 fully saturated rings. The van der Waals surface area contributed by atoms with Crippen molar-refractivity contribution in [3.8, 4) is 0 Å². The number of benzene rings is 2. The van der Waals surface area contributed by atoms with Crippen LogP contribution >= 0.6 is 12.6 Å². The number of nitro benzene ring substituents is 2. The number of likely N-dealkylation sites (tertiary alicyclic amines) is 2. The first-order valence-electron chi connectivity index (χ1n) is 13.8. The van der Waals surface area contributed by atoms with E-state index in [-0.39, 0.29) is 48.3 Å². The molecule has 3 atom stereocenters. The smallest absolute Gasteiger partial charge is 0.412 e. The summed E-state index contributed by atoms with van der Waals surface area (Å²) < 4.78 is 10.6. The average Bonchev–Trinajstić information content (AvgIpc) is 3.40. The molecule has 0 spiro atoms. The molecule has 1 unspecified atom stereocenters. The van der Waals surface area contributed by atoms with Crippen molar-refractivity contribution in [2.75, 3.05) is 19.6 Å². The Balaban J connectivity index is 1.28. The van der Waals surface area contributed by atoms with Gasteiger partial charge >= 0.3 is 12.2 Å². The number of ether oxygens (including phenoxy) is 2. The zero-order chi connectivity index (χ0) is 31.8. The molecule has 0 bridgehead atoms. The first kappa shape index (κ1) is 32.2. The molecule has 2 aromatic carbocycles. The number of carbonyl (C=O) groups excluding carboxylic acids is 3.